The number of hydrogen-bond donors (Lipinski definition) is 1. The minimum atomic E-state index is 0.299. The first-order valence-electron chi connectivity index (χ1n) is 6.21. The Labute approximate surface area is 97.2 Å². The summed E-state index contributed by atoms with van der Waals surface area (Å²) in [5, 5.41) is 3.57. The van der Waals surface area contributed by atoms with Crippen LogP contribution in [-0.4, -0.2) is 19.3 Å². The summed E-state index contributed by atoms with van der Waals surface area (Å²) in [4.78, 5) is 0. The molecule has 1 aliphatic rings. The van der Waals surface area contributed by atoms with Crippen LogP contribution in [0.1, 0.15) is 38.5 Å². The number of nitrogens with one attached hydrogen (secondary N) is 1. The van der Waals surface area contributed by atoms with Crippen LogP contribution in [0.5, 0.6) is 0 Å². The Morgan fingerprint density at radius 2 is 2.44 bits per heavy atom. The fourth-order valence-electron chi connectivity index (χ4n) is 2.42. The third kappa shape index (κ3) is 2.47. The van der Waals surface area contributed by atoms with E-state index in [2.05, 4.69) is 25.2 Å². The molecule has 0 amide bonds. The fraction of sp³-hybridized carbons (Fsp3) is 0.692. The van der Waals surface area contributed by atoms with Crippen LogP contribution >= 0.6 is 0 Å². The van der Waals surface area contributed by atoms with Crippen LogP contribution in [0.4, 0.5) is 0 Å². The highest BCUT2D eigenvalue weighted by atomic mass is 16.5. The van der Waals surface area contributed by atoms with Gasteiger partial charge in [-0.25, -0.2) is 0 Å². The predicted octanol–water partition coefficient (Wildman–Crippen LogP) is 2.75. The van der Waals surface area contributed by atoms with Crippen molar-refractivity contribution in [3.05, 3.63) is 24.2 Å². The lowest BCUT2D eigenvalue weighted by molar-refractivity contribution is 0.0925. The van der Waals surface area contributed by atoms with Gasteiger partial charge in [0, 0.05) is 12.5 Å². The van der Waals surface area contributed by atoms with Crippen LogP contribution < -0.4 is 5.32 Å². The molecule has 16 heavy (non-hydrogen) atoms. The summed E-state index contributed by atoms with van der Waals surface area (Å²) >= 11 is 0. The molecule has 3 atom stereocenters. The molecule has 3 nitrogen and oxygen atoms in total. The highest BCUT2D eigenvalue weighted by molar-refractivity contribution is 5.07. The molecule has 90 valence electrons. The van der Waals surface area contributed by atoms with Crippen LogP contribution in [0.25, 0.3) is 0 Å². The molecule has 0 radical (unpaired) electrons. The third-order valence-corrected chi connectivity index (χ3v) is 3.33. The van der Waals surface area contributed by atoms with Crippen molar-refractivity contribution in [1.82, 2.24) is 5.32 Å². The van der Waals surface area contributed by atoms with Gasteiger partial charge in [0.05, 0.1) is 18.4 Å². The molecule has 0 bridgehead atoms. The molecule has 1 N–H and O–H groups in total. The van der Waals surface area contributed by atoms with E-state index in [1.807, 2.05) is 6.07 Å². The molecular weight excluding hydrogens is 202 g/mol. The molecule has 1 aromatic rings. The Morgan fingerprint density at radius 1 is 1.56 bits per heavy atom. The molecular formula is C13H21NO2. The van der Waals surface area contributed by atoms with Crippen molar-refractivity contribution in [3.63, 3.8) is 0 Å². The van der Waals surface area contributed by atoms with E-state index in [0.29, 0.717) is 18.1 Å². The second kappa shape index (κ2) is 5.51. The van der Waals surface area contributed by atoms with Crippen molar-refractivity contribution >= 4 is 0 Å². The normalized spacial score (nSPS) is 27.1. The molecule has 0 aliphatic carbocycles. The summed E-state index contributed by atoms with van der Waals surface area (Å²) in [6.07, 6.45) is 4.32. The summed E-state index contributed by atoms with van der Waals surface area (Å²) in [5.74, 6) is 1.56. The summed E-state index contributed by atoms with van der Waals surface area (Å²) in [6, 6.07) is 4.31. The zero-order valence-electron chi connectivity index (χ0n) is 10.1. The quantitative estimate of drug-likeness (QED) is 0.833. The van der Waals surface area contributed by atoms with Gasteiger partial charge in [-0.2, -0.15) is 0 Å². The van der Waals surface area contributed by atoms with Gasteiger partial charge in [-0.05, 0) is 38.4 Å². The van der Waals surface area contributed by atoms with Gasteiger partial charge in [-0.1, -0.05) is 6.92 Å². The zero-order valence-corrected chi connectivity index (χ0v) is 10.1. The van der Waals surface area contributed by atoms with E-state index in [0.717, 1.165) is 31.8 Å². The van der Waals surface area contributed by atoms with E-state index in [-0.39, 0.29) is 0 Å². The van der Waals surface area contributed by atoms with E-state index in [4.69, 9.17) is 9.15 Å². The van der Waals surface area contributed by atoms with Crippen molar-refractivity contribution in [2.24, 2.45) is 5.92 Å². The van der Waals surface area contributed by atoms with E-state index in [9.17, 15) is 0 Å². The molecule has 0 aromatic carbocycles. The molecule has 0 spiro atoms. The molecule has 3 heteroatoms. The second-order valence-electron chi connectivity index (χ2n) is 4.48. The zero-order chi connectivity index (χ0) is 11.4. The summed E-state index contributed by atoms with van der Waals surface area (Å²) in [5.41, 5.74) is 0. The number of hydrogen-bond acceptors (Lipinski definition) is 3. The van der Waals surface area contributed by atoms with Crippen LogP contribution in [-0.2, 0) is 4.74 Å². The Hall–Kier alpha value is -0.800. The van der Waals surface area contributed by atoms with Crippen molar-refractivity contribution < 1.29 is 9.15 Å². The van der Waals surface area contributed by atoms with Gasteiger partial charge in [0.25, 0.3) is 0 Å². The van der Waals surface area contributed by atoms with Crippen molar-refractivity contribution in [2.45, 2.75) is 38.8 Å². The Kier molecular flexibility index (Phi) is 4.02. The Bertz CT molecular complexity index is 297. The lowest BCUT2D eigenvalue weighted by atomic mass is 9.91. The average molecular weight is 223 g/mol. The highest BCUT2D eigenvalue weighted by Crippen LogP contribution is 2.33. The summed E-state index contributed by atoms with van der Waals surface area (Å²) in [6.45, 7) is 6.23. The summed E-state index contributed by atoms with van der Waals surface area (Å²) < 4.78 is 11.2. The molecule has 1 fully saturated rings. The minimum absolute atomic E-state index is 0.299. The molecule has 2 rings (SSSR count). The smallest absolute Gasteiger partial charge is 0.121 e. The van der Waals surface area contributed by atoms with E-state index < -0.39 is 0 Å². The minimum Gasteiger partial charge on any atom is -0.468 e. The average Bonchev–Trinajstić information content (AvgIpc) is 2.91. The Balaban J connectivity index is 2.08. The first-order valence-corrected chi connectivity index (χ1v) is 6.21. The SMILES string of the molecule is CCCNC(c1ccco1)C1CCOC1C. The largest absolute Gasteiger partial charge is 0.468 e. The molecule has 3 unspecified atom stereocenters. The van der Waals surface area contributed by atoms with Crippen LogP contribution in [0.2, 0.25) is 0 Å². The van der Waals surface area contributed by atoms with Gasteiger partial charge in [0.1, 0.15) is 5.76 Å². The van der Waals surface area contributed by atoms with Crippen LogP contribution in [0, 0.1) is 5.92 Å². The Morgan fingerprint density at radius 3 is 3.00 bits per heavy atom. The first-order chi connectivity index (χ1) is 7.83. The maximum Gasteiger partial charge on any atom is 0.121 e. The standard InChI is InChI=1S/C13H21NO2/c1-3-7-14-13(12-5-4-8-16-12)11-6-9-15-10(11)2/h4-5,8,10-11,13-14H,3,6-7,9H2,1-2H3. The van der Waals surface area contributed by atoms with Crippen LogP contribution in [0.3, 0.4) is 0 Å². The van der Waals surface area contributed by atoms with Crippen molar-refractivity contribution in [3.8, 4) is 0 Å². The number of rotatable bonds is 5. The fourth-order valence-corrected chi connectivity index (χ4v) is 2.42. The van der Waals surface area contributed by atoms with E-state index >= 15 is 0 Å². The van der Waals surface area contributed by atoms with E-state index in [1.54, 1.807) is 6.26 Å². The van der Waals surface area contributed by atoms with E-state index in [1.165, 1.54) is 0 Å². The van der Waals surface area contributed by atoms with Gasteiger partial charge in [-0.3, -0.25) is 0 Å². The van der Waals surface area contributed by atoms with Gasteiger partial charge >= 0.3 is 0 Å². The third-order valence-electron chi connectivity index (χ3n) is 3.33. The molecule has 1 saturated heterocycles. The van der Waals surface area contributed by atoms with Gasteiger partial charge < -0.3 is 14.5 Å². The first kappa shape index (κ1) is 11.7. The maximum absolute atomic E-state index is 5.64. The maximum atomic E-state index is 5.64. The monoisotopic (exact) mass is 223 g/mol. The molecule has 0 saturated carbocycles. The van der Waals surface area contributed by atoms with Crippen molar-refractivity contribution in [2.75, 3.05) is 13.2 Å². The summed E-state index contributed by atoms with van der Waals surface area (Å²) in [7, 11) is 0. The highest BCUT2D eigenvalue weighted by Gasteiger charge is 2.33. The number of furan rings is 1. The van der Waals surface area contributed by atoms with Gasteiger partial charge in [0.15, 0.2) is 0 Å². The predicted molar refractivity (Wildman–Crippen MR) is 63.3 cm³/mol. The topological polar surface area (TPSA) is 34.4 Å². The lowest BCUT2D eigenvalue weighted by Crippen LogP contribution is -2.32. The molecule has 2 heterocycles. The van der Waals surface area contributed by atoms with Gasteiger partial charge in [0.2, 0.25) is 0 Å². The second-order valence-corrected chi connectivity index (χ2v) is 4.48. The number of ether oxygens (including phenoxy) is 1. The van der Waals surface area contributed by atoms with Crippen LogP contribution in [0.15, 0.2) is 22.8 Å². The van der Waals surface area contributed by atoms with Gasteiger partial charge in [-0.15, -0.1) is 0 Å². The molecule has 1 aliphatic heterocycles. The van der Waals surface area contributed by atoms with Crippen molar-refractivity contribution in [1.29, 1.82) is 0 Å². The molecule has 1 aromatic heterocycles. The lowest BCUT2D eigenvalue weighted by Gasteiger charge is -2.25.